The summed E-state index contributed by atoms with van der Waals surface area (Å²) in [5.74, 6) is -0.125. The maximum absolute atomic E-state index is 11.7. The minimum atomic E-state index is -0.125. The molecular formula is C14H23N3O3. The molecule has 0 aliphatic rings. The summed E-state index contributed by atoms with van der Waals surface area (Å²) in [7, 11) is 3.26. The predicted octanol–water partition coefficient (Wildman–Crippen LogP) is 1.09. The van der Waals surface area contributed by atoms with Gasteiger partial charge in [0.05, 0.1) is 24.1 Å². The second-order valence-electron chi connectivity index (χ2n) is 4.36. The number of amides is 1. The van der Waals surface area contributed by atoms with Crippen LogP contribution in [0.5, 0.6) is 0 Å². The molecule has 0 saturated carbocycles. The fraction of sp³-hybridized carbons (Fsp3) is 0.500. The van der Waals surface area contributed by atoms with Crippen LogP contribution in [0.2, 0.25) is 0 Å². The summed E-state index contributed by atoms with van der Waals surface area (Å²) in [5.41, 5.74) is 7.80. The van der Waals surface area contributed by atoms with Gasteiger partial charge in [0.15, 0.2) is 0 Å². The van der Waals surface area contributed by atoms with Gasteiger partial charge >= 0.3 is 0 Å². The summed E-state index contributed by atoms with van der Waals surface area (Å²) in [6.07, 6.45) is -0.0533. The van der Waals surface area contributed by atoms with Crippen molar-refractivity contribution in [2.45, 2.75) is 13.0 Å². The fourth-order valence-corrected chi connectivity index (χ4v) is 1.75. The van der Waals surface area contributed by atoms with Crippen LogP contribution in [0.4, 0.5) is 11.4 Å². The Bertz CT molecular complexity index is 438. The summed E-state index contributed by atoms with van der Waals surface area (Å²) < 4.78 is 10.3. The van der Waals surface area contributed by atoms with E-state index in [-0.39, 0.29) is 12.0 Å². The first-order valence-electron chi connectivity index (χ1n) is 6.55. The average molecular weight is 281 g/mol. The zero-order valence-corrected chi connectivity index (χ0v) is 12.2. The number of ether oxygens (including phenoxy) is 2. The number of benzene rings is 1. The van der Waals surface area contributed by atoms with Crippen LogP contribution in [0.1, 0.15) is 17.3 Å². The first-order valence-corrected chi connectivity index (χ1v) is 6.55. The molecule has 0 saturated heterocycles. The van der Waals surface area contributed by atoms with Crippen molar-refractivity contribution < 1.29 is 14.3 Å². The highest BCUT2D eigenvalue weighted by molar-refractivity contribution is 5.96. The van der Waals surface area contributed by atoms with E-state index in [1.54, 1.807) is 32.4 Å². The standard InChI is InChI=1S/C14H23N3O3/c1-4-16-14(18)10-5-6-13(12(15)7-10)17-8-11(20-3)9-19-2/h5-7,11,17H,4,8-9,15H2,1-3H3,(H,16,18). The first-order chi connectivity index (χ1) is 9.62. The third-order valence-corrected chi connectivity index (χ3v) is 2.86. The van der Waals surface area contributed by atoms with Gasteiger partial charge in [-0.3, -0.25) is 4.79 Å². The number of methoxy groups -OCH3 is 2. The van der Waals surface area contributed by atoms with Crippen LogP contribution < -0.4 is 16.4 Å². The molecular weight excluding hydrogens is 258 g/mol. The smallest absolute Gasteiger partial charge is 0.251 e. The minimum absolute atomic E-state index is 0.0533. The van der Waals surface area contributed by atoms with Gasteiger partial charge in [0.1, 0.15) is 0 Å². The van der Waals surface area contributed by atoms with E-state index in [9.17, 15) is 4.79 Å². The first kappa shape index (κ1) is 16.3. The molecule has 0 heterocycles. The molecule has 4 N–H and O–H groups in total. The number of hydrogen-bond acceptors (Lipinski definition) is 5. The highest BCUT2D eigenvalue weighted by Gasteiger charge is 2.10. The Kier molecular flexibility index (Phi) is 6.83. The molecule has 112 valence electrons. The van der Waals surface area contributed by atoms with Gasteiger partial charge in [0.25, 0.3) is 5.91 Å². The van der Waals surface area contributed by atoms with Crippen molar-refractivity contribution in [3.63, 3.8) is 0 Å². The van der Waals surface area contributed by atoms with E-state index < -0.39 is 0 Å². The summed E-state index contributed by atoms with van der Waals surface area (Å²) >= 11 is 0. The van der Waals surface area contributed by atoms with Crippen LogP contribution >= 0.6 is 0 Å². The number of nitrogens with two attached hydrogens (primary N) is 1. The second kappa shape index (κ2) is 8.39. The average Bonchev–Trinajstić information content (AvgIpc) is 2.44. The SMILES string of the molecule is CCNC(=O)c1ccc(NCC(COC)OC)c(N)c1. The zero-order chi connectivity index (χ0) is 15.0. The molecule has 1 amide bonds. The number of nitrogens with one attached hydrogen (secondary N) is 2. The summed E-state index contributed by atoms with van der Waals surface area (Å²) in [6, 6.07) is 5.19. The van der Waals surface area contributed by atoms with E-state index in [0.29, 0.717) is 30.9 Å². The van der Waals surface area contributed by atoms with Gasteiger partial charge in [-0.1, -0.05) is 0 Å². The van der Waals surface area contributed by atoms with E-state index in [1.807, 2.05) is 6.92 Å². The molecule has 0 aliphatic heterocycles. The lowest BCUT2D eigenvalue weighted by molar-refractivity contribution is 0.0366. The van der Waals surface area contributed by atoms with Gasteiger partial charge in [0, 0.05) is 32.9 Å². The van der Waals surface area contributed by atoms with Crippen molar-refractivity contribution in [1.29, 1.82) is 0 Å². The van der Waals surface area contributed by atoms with Gasteiger partial charge in [-0.15, -0.1) is 0 Å². The third kappa shape index (κ3) is 4.71. The van der Waals surface area contributed by atoms with Crippen molar-refractivity contribution in [1.82, 2.24) is 5.32 Å². The molecule has 1 aromatic rings. The maximum atomic E-state index is 11.7. The minimum Gasteiger partial charge on any atom is -0.397 e. The van der Waals surface area contributed by atoms with Gasteiger partial charge < -0.3 is 25.8 Å². The quantitative estimate of drug-likeness (QED) is 0.621. The van der Waals surface area contributed by atoms with Gasteiger partial charge in [0.2, 0.25) is 0 Å². The highest BCUT2D eigenvalue weighted by Crippen LogP contribution is 2.20. The Morgan fingerprint density at radius 1 is 1.40 bits per heavy atom. The Balaban J connectivity index is 2.66. The number of nitrogen functional groups attached to an aromatic ring is 1. The number of carbonyl (C=O) groups is 1. The Morgan fingerprint density at radius 3 is 2.70 bits per heavy atom. The molecule has 6 heteroatoms. The fourth-order valence-electron chi connectivity index (χ4n) is 1.75. The lowest BCUT2D eigenvalue weighted by atomic mass is 10.1. The summed E-state index contributed by atoms with van der Waals surface area (Å²) in [4.78, 5) is 11.7. The number of hydrogen-bond donors (Lipinski definition) is 3. The van der Waals surface area contributed by atoms with Gasteiger partial charge in [-0.25, -0.2) is 0 Å². The largest absolute Gasteiger partial charge is 0.397 e. The topological polar surface area (TPSA) is 85.6 Å². The Hall–Kier alpha value is -1.79. The third-order valence-electron chi connectivity index (χ3n) is 2.86. The van der Waals surface area contributed by atoms with Crippen LogP contribution in [0.25, 0.3) is 0 Å². The van der Waals surface area contributed by atoms with Crippen LogP contribution in [0.15, 0.2) is 18.2 Å². The number of carbonyl (C=O) groups excluding carboxylic acids is 1. The van der Waals surface area contributed by atoms with Crippen LogP contribution in [0, 0.1) is 0 Å². The lowest BCUT2D eigenvalue weighted by Gasteiger charge is -2.17. The normalized spacial score (nSPS) is 11.9. The van der Waals surface area contributed by atoms with Crippen molar-refractivity contribution in [2.75, 3.05) is 45.0 Å². The van der Waals surface area contributed by atoms with E-state index in [1.165, 1.54) is 0 Å². The Labute approximate surface area is 119 Å². The zero-order valence-electron chi connectivity index (χ0n) is 12.2. The number of rotatable bonds is 8. The van der Waals surface area contributed by atoms with Crippen LogP contribution in [-0.4, -0.2) is 45.9 Å². The molecule has 0 fully saturated rings. The van der Waals surface area contributed by atoms with Crippen molar-refractivity contribution in [3.05, 3.63) is 23.8 Å². The van der Waals surface area contributed by atoms with Crippen molar-refractivity contribution in [3.8, 4) is 0 Å². The van der Waals surface area contributed by atoms with Crippen molar-refractivity contribution >= 4 is 17.3 Å². The summed E-state index contributed by atoms with van der Waals surface area (Å²) in [6.45, 7) is 3.54. The van der Waals surface area contributed by atoms with Crippen LogP contribution in [-0.2, 0) is 9.47 Å². The van der Waals surface area contributed by atoms with Gasteiger partial charge in [-0.2, -0.15) is 0 Å². The molecule has 0 bridgehead atoms. The number of anilines is 2. The Morgan fingerprint density at radius 2 is 2.15 bits per heavy atom. The highest BCUT2D eigenvalue weighted by atomic mass is 16.5. The molecule has 1 aromatic carbocycles. The maximum Gasteiger partial charge on any atom is 0.251 e. The summed E-state index contributed by atoms with van der Waals surface area (Å²) in [5, 5.41) is 5.92. The van der Waals surface area contributed by atoms with E-state index >= 15 is 0 Å². The molecule has 1 rings (SSSR count). The molecule has 0 aromatic heterocycles. The molecule has 0 radical (unpaired) electrons. The molecule has 20 heavy (non-hydrogen) atoms. The molecule has 0 aliphatic carbocycles. The van der Waals surface area contributed by atoms with E-state index in [4.69, 9.17) is 15.2 Å². The predicted molar refractivity (Wildman–Crippen MR) is 80.0 cm³/mol. The monoisotopic (exact) mass is 281 g/mol. The molecule has 0 spiro atoms. The molecule has 1 unspecified atom stereocenters. The van der Waals surface area contributed by atoms with E-state index in [0.717, 1.165) is 5.69 Å². The molecule has 6 nitrogen and oxygen atoms in total. The van der Waals surface area contributed by atoms with Crippen LogP contribution in [0.3, 0.4) is 0 Å². The lowest BCUT2D eigenvalue weighted by Crippen LogP contribution is -2.27. The molecule has 1 atom stereocenters. The van der Waals surface area contributed by atoms with Gasteiger partial charge in [-0.05, 0) is 25.1 Å². The van der Waals surface area contributed by atoms with Crippen molar-refractivity contribution in [2.24, 2.45) is 0 Å². The second-order valence-corrected chi connectivity index (χ2v) is 4.36. The van der Waals surface area contributed by atoms with E-state index in [2.05, 4.69) is 10.6 Å².